The molecular weight excluding hydrogens is 308 g/mol. The van der Waals surface area contributed by atoms with Crippen LogP contribution >= 0.6 is 0 Å². The first kappa shape index (κ1) is 15.4. The zero-order chi connectivity index (χ0) is 16.4. The largest absolute Gasteiger partial charge is 0.465 e. The highest BCUT2D eigenvalue weighted by molar-refractivity contribution is 5.65. The van der Waals surface area contributed by atoms with Crippen molar-refractivity contribution in [3.63, 3.8) is 0 Å². The zero-order valence-electron chi connectivity index (χ0n) is 12.2. The van der Waals surface area contributed by atoms with Crippen molar-refractivity contribution in [3.8, 4) is 0 Å². The monoisotopic (exact) mass is 323 g/mol. The van der Waals surface area contributed by atoms with Crippen LogP contribution in [0.15, 0.2) is 22.7 Å². The quantitative estimate of drug-likeness (QED) is 0.939. The molecule has 1 aliphatic heterocycles. The maximum Gasteiger partial charge on any atom is 0.407 e. The van der Waals surface area contributed by atoms with Crippen LogP contribution in [-0.2, 0) is 6.42 Å². The number of benzene rings is 1. The first-order chi connectivity index (χ1) is 11.0. The molecule has 1 aromatic carbocycles. The van der Waals surface area contributed by atoms with Crippen LogP contribution in [-0.4, -0.2) is 39.3 Å². The maximum absolute atomic E-state index is 13.6. The summed E-state index contributed by atoms with van der Waals surface area (Å²) in [6, 6.07) is 3.66. The third kappa shape index (κ3) is 3.30. The Bertz CT molecular complexity index is 691. The Balaban J connectivity index is 1.68. The van der Waals surface area contributed by atoms with Crippen molar-refractivity contribution in [2.45, 2.75) is 25.2 Å². The van der Waals surface area contributed by atoms with Gasteiger partial charge in [0.2, 0.25) is 5.89 Å². The Kier molecular flexibility index (Phi) is 4.22. The number of rotatable bonds is 3. The molecule has 2 heterocycles. The van der Waals surface area contributed by atoms with Crippen molar-refractivity contribution in [3.05, 3.63) is 47.1 Å². The van der Waals surface area contributed by atoms with Gasteiger partial charge in [-0.2, -0.15) is 4.98 Å². The molecule has 0 radical (unpaired) electrons. The summed E-state index contributed by atoms with van der Waals surface area (Å²) in [5.74, 6) is -0.721. The van der Waals surface area contributed by atoms with Gasteiger partial charge in [-0.25, -0.2) is 13.6 Å². The number of likely N-dealkylation sites (tertiary alicyclic amines) is 1. The maximum atomic E-state index is 13.6. The Hall–Kier alpha value is -2.51. The highest BCUT2D eigenvalue weighted by atomic mass is 19.1. The van der Waals surface area contributed by atoms with Crippen molar-refractivity contribution in [2.75, 3.05) is 13.1 Å². The van der Waals surface area contributed by atoms with E-state index in [4.69, 9.17) is 9.63 Å². The number of amides is 1. The van der Waals surface area contributed by atoms with Crippen molar-refractivity contribution >= 4 is 6.09 Å². The topological polar surface area (TPSA) is 79.5 Å². The van der Waals surface area contributed by atoms with E-state index in [2.05, 4.69) is 10.1 Å². The van der Waals surface area contributed by atoms with Crippen LogP contribution in [0.3, 0.4) is 0 Å². The SMILES string of the molecule is O=C(O)N1CCC(c2nc(Cc3c(F)cccc3F)no2)CC1. The first-order valence-electron chi connectivity index (χ1n) is 7.28. The summed E-state index contributed by atoms with van der Waals surface area (Å²) in [7, 11) is 0. The van der Waals surface area contributed by atoms with Gasteiger partial charge >= 0.3 is 6.09 Å². The molecule has 0 saturated carbocycles. The molecule has 3 rings (SSSR count). The molecule has 1 saturated heterocycles. The van der Waals surface area contributed by atoms with E-state index < -0.39 is 17.7 Å². The molecule has 23 heavy (non-hydrogen) atoms. The van der Waals surface area contributed by atoms with Crippen LogP contribution < -0.4 is 0 Å². The first-order valence-corrected chi connectivity index (χ1v) is 7.28. The number of carbonyl (C=O) groups is 1. The van der Waals surface area contributed by atoms with E-state index in [1.54, 1.807) is 0 Å². The van der Waals surface area contributed by atoms with E-state index in [-0.39, 0.29) is 23.7 Å². The fourth-order valence-electron chi connectivity index (χ4n) is 2.68. The van der Waals surface area contributed by atoms with Gasteiger partial charge in [0.1, 0.15) is 11.6 Å². The highest BCUT2D eigenvalue weighted by Gasteiger charge is 2.27. The molecule has 0 atom stereocenters. The van der Waals surface area contributed by atoms with E-state index >= 15 is 0 Å². The Morgan fingerprint density at radius 3 is 2.57 bits per heavy atom. The lowest BCUT2D eigenvalue weighted by Gasteiger charge is -2.27. The summed E-state index contributed by atoms with van der Waals surface area (Å²) in [6.07, 6.45) is 0.143. The number of carboxylic acid groups (broad SMARTS) is 1. The summed E-state index contributed by atoms with van der Waals surface area (Å²) in [5.41, 5.74) is -0.0967. The molecule has 1 aromatic heterocycles. The summed E-state index contributed by atoms with van der Waals surface area (Å²) < 4.78 is 32.4. The minimum atomic E-state index is -0.940. The van der Waals surface area contributed by atoms with Crippen LogP contribution in [0.5, 0.6) is 0 Å². The Morgan fingerprint density at radius 1 is 1.30 bits per heavy atom. The highest BCUT2D eigenvalue weighted by Crippen LogP contribution is 2.27. The molecule has 0 spiro atoms. The summed E-state index contributed by atoms with van der Waals surface area (Å²) in [6.45, 7) is 0.805. The predicted octanol–water partition coefficient (Wildman–Crippen LogP) is 2.80. The Morgan fingerprint density at radius 2 is 1.96 bits per heavy atom. The molecule has 0 aliphatic carbocycles. The Labute approximate surface area is 130 Å². The van der Waals surface area contributed by atoms with Gasteiger partial charge in [-0.3, -0.25) is 0 Å². The standard InChI is InChI=1S/C15H15F2N3O3/c16-11-2-1-3-12(17)10(11)8-13-18-14(23-19-13)9-4-6-20(7-5-9)15(21)22/h1-3,9H,4-8H2,(H,21,22). The predicted molar refractivity (Wildman–Crippen MR) is 75.0 cm³/mol. The lowest BCUT2D eigenvalue weighted by Crippen LogP contribution is -2.36. The average molecular weight is 323 g/mol. The van der Waals surface area contributed by atoms with Gasteiger partial charge in [0, 0.05) is 31.0 Å². The fourth-order valence-corrected chi connectivity index (χ4v) is 2.68. The number of nitrogens with zero attached hydrogens (tertiary/aromatic N) is 3. The summed E-state index contributed by atoms with van der Waals surface area (Å²) >= 11 is 0. The lowest BCUT2D eigenvalue weighted by atomic mass is 9.97. The second-order valence-electron chi connectivity index (χ2n) is 5.47. The van der Waals surface area contributed by atoms with Crippen LogP contribution in [0.4, 0.5) is 13.6 Å². The molecule has 122 valence electrons. The number of hydrogen-bond donors (Lipinski definition) is 1. The summed E-state index contributed by atoms with van der Waals surface area (Å²) in [4.78, 5) is 16.4. The van der Waals surface area contributed by atoms with Crippen LogP contribution in [0, 0.1) is 11.6 Å². The average Bonchev–Trinajstić information content (AvgIpc) is 3.00. The second kappa shape index (κ2) is 6.31. The van der Waals surface area contributed by atoms with Gasteiger partial charge < -0.3 is 14.5 Å². The van der Waals surface area contributed by atoms with Crippen LogP contribution in [0.2, 0.25) is 0 Å². The van der Waals surface area contributed by atoms with E-state index in [0.29, 0.717) is 31.8 Å². The van der Waals surface area contributed by atoms with Gasteiger partial charge in [0.15, 0.2) is 5.82 Å². The van der Waals surface area contributed by atoms with E-state index in [1.807, 2.05) is 0 Å². The molecule has 1 aliphatic rings. The lowest BCUT2D eigenvalue weighted by molar-refractivity contribution is 0.128. The number of hydrogen-bond acceptors (Lipinski definition) is 4. The van der Waals surface area contributed by atoms with Gasteiger partial charge in [-0.05, 0) is 25.0 Å². The smallest absolute Gasteiger partial charge is 0.407 e. The van der Waals surface area contributed by atoms with Gasteiger partial charge in [0.25, 0.3) is 0 Å². The van der Waals surface area contributed by atoms with E-state index in [9.17, 15) is 13.6 Å². The number of aromatic nitrogens is 2. The van der Waals surface area contributed by atoms with Crippen molar-refractivity contribution in [2.24, 2.45) is 0 Å². The van der Waals surface area contributed by atoms with Crippen molar-refractivity contribution in [1.29, 1.82) is 0 Å². The molecule has 6 nitrogen and oxygen atoms in total. The van der Waals surface area contributed by atoms with Crippen LogP contribution in [0.1, 0.15) is 36.0 Å². The molecule has 1 fully saturated rings. The molecule has 2 aromatic rings. The third-order valence-corrected chi connectivity index (χ3v) is 4.00. The molecule has 1 N–H and O–H groups in total. The minimum absolute atomic E-state index is 0.0303. The van der Waals surface area contributed by atoms with Gasteiger partial charge in [0.05, 0.1) is 0 Å². The third-order valence-electron chi connectivity index (χ3n) is 4.00. The molecule has 0 unspecified atom stereocenters. The molecule has 0 bridgehead atoms. The normalized spacial score (nSPS) is 15.8. The zero-order valence-corrected chi connectivity index (χ0v) is 12.2. The van der Waals surface area contributed by atoms with E-state index in [1.165, 1.54) is 23.1 Å². The molecule has 1 amide bonds. The second-order valence-corrected chi connectivity index (χ2v) is 5.47. The van der Waals surface area contributed by atoms with Gasteiger partial charge in [-0.1, -0.05) is 11.2 Å². The number of piperidine rings is 1. The van der Waals surface area contributed by atoms with Crippen molar-refractivity contribution in [1.82, 2.24) is 15.0 Å². The molecule has 8 heteroatoms. The minimum Gasteiger partial charge on any atom is -0.465 e. The number of halogens is 2. The van der Waals surface area contributed by atoms with Gasteiger partial charge in [-0.15, -0.1) is 0 Å². The van der Waals surface area contributed by atoms with Crippen LogP contribution in [0.25, 0.3) is 0 Å². The summed E-state index contributed by atoms with van der Waals surface area (Å²) in [5, 5.41) is 12.7. The van der Waals surface area contributed by atoms with E-state index in [0.717, 1.165) is 0 Å². The van der Waals surface area contributed by atoms with Crippen molar-refractivity contribution < 1.29 is 23.2 Å². The molecular formula is C15H15F2N3O3. The fraction of sp³-hybridized carbons (Fsp3) is 0.400.